The standard InChI is InChI=1S/C6H12FNO/c1-6(4-9)2-5(7)3-8-6/h5,8-9H,2-4H2,1H3. The first-order valence-corrected chi connectivity index (χ1v) is 3.16. The van der Waals surface area contributed by atoms with Crippen LogP contribution < -0.4 is 5.32 Å². The third kappa shape index (κ3) is 1.40. The second-order valence-electron chi connectivity index (χ2n) is 2.90. The minimum Gasteiger partial charge on any atom is -0.394 e. The molecular weight excluding hydrogens is 121 g/mol. The van der Waals surface area contributed by atoms with Crippen molar-refractivity contribution in [3.8, 4) is 0 Å². The van der Waals surface area contributed by atoms with Crippen LogP contribution in [0.3, 0.4) is 0 Å². The molecule has 0 spiro atoms. The number of halogens is 1. The SMILES string of the molecule is CC1(CO)CC(F)CN1. The van der Waals surface area contributed by atoms with E-state index in [-0.39, 0.29) is 12.1 Å². The average molecular weight is 133 g/mol. The van der Waals surface area contributed by atoms with Crippen LogP contribution in [0.5, 0.6) is 0 Å². The second-order valence-corrected chi connectivity index (χ2v) is 2.90. The number of aliphatic hydroxyl groups excluding tert-OH is 1. The summed E-state index contributed by atoms with van der Waals surface area (Å²) in [5.74, 6) is 0. The van der Waals surface area contributed by atoms with Crippen molar-refractivity contribution in [2.45, 2.75) is 25.1 Å². The van der Waals surface area contributed by atoms with Crippen LogP contribution in [0.1, 0.15) is 13.3 Å². The first kappa shape index (κ1) is 6.96. The van der Waals surface area contributed by atoms with Crippen molar-refractivity contribution in [1.82, 2.24) is 5.32 Å². The summed E-state index contributed by atoms with van der Waals surface area (Å²) in [6, 6.07) is 0. The number of rotatable bonds is 1. The fraction of sp³-hybridized carbons (Fsp3) is 1.00. The summed E-state index contributed by atoms with van der Waals surface area (Å²) in [6.07, 6.45) is -0.342. The van der Waals surface area contributed by atoms with Gasteiger partial charge >= 0.3 is 0 Å². The predicted molar refractivity (Wildman–Crippen MR) is 33.0 cm³/mol. The summed E-state index contributed by atoms with van der Waals surface area (Å²) in [5.41, 5.74) is -0.362. The fourth-order valence-corrected chi connectivity index (χ4v) is 1.11. The van der Waals surface area contributed by atoms with E-state index in [1.165, 1.54) is 0 Å². The molecule has 2 N–H and O–H groups in total. The van der Waals surface area contributed by atoms with E-state index in [0.717, 1.165) is 0 Å². The molecule has 1 fully saturated rings. The summed E-state index contributed by atoms with van der Waals surface area (Å²) in [6.45, 7) is 2.23. The molecule has 2 unspecified atom stereocenters. The van der Waals surface area contributed by atoms with Crippen molar-refractivity contribution in [2.24, 2.45) is 0 Å². The molecule has 2 atom stereocenters. The van der Waals surface area contributed by atoms with Crippen LogP contribution in [0.25, 0.3) is 0 Å². The zero-order valence-corrected chi connectivity index (χ0v) is 5.52. The highest BCUT2D eigenvalue weighted by molar-refractivity contribution is 4.92. The van der Waals surface area contributed by atoms with E-state index >= 15 is 0 Å². The van der Waals surface area contributed by atoms with Gasteiger partial charge in [-0.2, -0.15) is 0 Å². The van der Waals surface area contributed by atoms with Crippen LogP contribution in [-0.4, -0.2) is 30.0 Å². The van der Waals surface area contributed by atoms with Crippen LogP contribution in [-0.2, 0) is 0 Å². The van der Waals surface area contributed by atoms with E-state index in [4.69, 9.17) is 5.11 Å². The molecule has 0 saturated carbocycles. The highest BCUT2D eigenvalue weighted by Crippen LogP contribution is 2.19. The molecule has 2 nitrogen and oxygen atoms in total. The molecule has 0 aromatic heterocycles. The number of aliphatic hydroxyl groups is 1. The van der Waals surface area contributed by atoms with Gasteiger partial charge in [0.1, 0.15) is 6.17 Å². The van der Waals surface area contributed by atoms with E-state index in [0.29, 0.717) is 13.0 Å². The number of nitrogens with one attached hydrogen (secondary N) is 1. The monoisotopic (exact) mass is 133 g/mol. The van der Waals surface area contributed by atoms with Gasteiger partial charge in [-0.15, -0.1) is 0 Å². The maximum atomic E-state index is 12.4. The third-order valence-corrected chi connectivity index (χ3v) is 1.77. The molecule has 0 bridgehead atoms. The molecule has 9 heavy (non-hydrogen) atoms. The minimum absolute atomic E-state index is 0.0212. The van der Waals surface area contributed by atoms with Crippen molar-refractivity contribution in [3.05, 3.63) is 0 Å². The molecule has 0 radical (unpaired) electrons. The molecule has 0 aromatic carbocycles. The number of hydrogen-bond donors (Lipinski definition) is 2. The third-order valence-electron chi connectivity index (χ3n) is 1.77. The summed E-state index contributed by atoms with van der Waals surface area (Å²) < 4.78 is 12.4. The zero-order valence-electron chi connectivity index (χ0n) is 5.52. The molecule has 1 saturated heterocycles. The van der Waals surface area contributed by atoms with Crippen molar-refractivity contribution in [1.29, 1.82) is 0 Å². The predicted octanol–water partition coefficient (Wildman–Crippen LogP) is 0.0688. The number of alkyl halides is 1. The van der Waals surface area contributed by atoms with Crippen LogP contribution in [0.15, 0.2) is 0 Å². The van der Waals surface area contributed by atoms with Crippen LogP contribution in [0.2, 0.25) is 0 Å². The Labute approximate surface area is 54.1 Å². The Kier molecular flexibility index (Phi) is 1.73. The Hall–Kier alpha value is -0.150. The molecule has 0 aliphatic carbocycles. The molecule has 1 heterocycles. The van der Waals surface area contributed by atoms with Crippen molar-refractivity contribution in [2.75, 3.05) is 13.2 Å². The average Bonchev–Trinajstić information content (AvgIpc) is 2.13. The van der Waals surface area contributed by atoms with Gasteiger partial charge in [0.15, 0.2) is 0 Å². The molecule has 0 amide bonds. The van der Waals surface area contributed by atoms with Crippen LogP contribution in [0, 0.1) is 0 Å². The first-order chi connectivity index (χ1) is 4.16. The van der Waals surface area contributed by atoms with Crippen LogP contribution in [0.4, 0.5) is 4.39 Å². The molecular formula is C6H12FNO. The van der Waals surface area contributed by atoms with E-state index in [2.05, 4.69) is 5.32 Å². The van der Waals surface area contributed by atoms with E-state index in [1.54, 1.807) is 0 Å². The largest absolute Gasteiger partial charge is 0.394 e. The molecule has 3 heteroatoms. The van der Waals surface area contributed by atoms with Gasteiger partial charge in [-0.05, 0) is 13.3 Å². The lowest BCUT2D eigenvalue weighted by molar-refractivity contribution is 0.185. The summed E-state index contributed by atoms with van der Waals surface area (Å²) >= 11 is 0. The van der Waals surface area contributed by atoms with Crippen LogP contribution >= 0.6 is 0 Å². The van der Waals surface area contributed by atoms with Gasteiger partial charge in [0.25, 0.3) is 0 Å². The maximum Gasteiger partial charge on any atom is 0.114 e. The lowest BCUT2D eigenvalue weighted by atomic mass is 10.0. The second kappa shape index (κ2) is 2.23. The topological polar surface area (TPSA) is 32.3 Å². The highest BCUT2D eigenvalue weighted by atomic mass is 19.1. The van der Waals surface area contributed by atoms with Gasteiger partial charge < -0.3 is 10.4 Å². The quantitative estimate of drug-likeness (QED) is 0.530. The Morgan fingerprint density at radius 2 is 2.56 bits per heavy atom. The Morgan fingerprint density at radius 3 is 2.78 bits per heavy atom. The lowest BCUT2D eigenvalue weighted by Gasteiger charge is -2.19. The van der Waals surface area contributed by atoms with Gasteiger partial charge in [0, 0.05) is 12.1 Å². The highest BCUT2D eigenvalue weighted by Gasteiger charge is 2.33. The van der Waals surface area contributed by atoms with E-state index < -0.39 is 6.17 Å². The smallest absolute Gasteiger partial charge is 0.114 e. The van der Waals surface area contributed by atoms with Gasteiger partial charge in [-0.1, -0.05) is 0 Å². The number of hydrogen-bond acceptors (Lipinski definition) is 2. The molecule has 1 rings (SSSR count). The van der Waals surface area contributed by atoms with E-state index in [9.17, 15) is 4.39 Å². The fourth-order valence-electron chi connectivity index (χ4n) is 1.11. The minimum atomic E-state index is -0.776. The summed E-state index contributed by atoms with van der Waals surface area (Å²) in [5, 5.41) is 11.6. The maximum absolute atomic E-state index is 12.4. The molecule has 1 aliphatic rings. The summed E-state index contributed by atoms with van der Waals surface area (Å²) in [4.78, 5) is 0. The molecule has 0 aromatic rings. The summed E-state index contributed by atoms with van der Waals surface area (Å²) in [7, 11) is 0. The van der Waals surface area contributed by atoms with Gasteiger partial charge in [0.2, 0.25) is 0 Å². The lowest BCUT2D eigenvalue weighted by Crippen LogP contribution is -2.39. The Morgan fingerprint density at radius 1 is 1.89 bits per heavy atom. The normalized spacial score (nSPS) is 43.7. The first-order valence-electron chi connectivity index (χ1n) is 3.16. The van der Waals surface area contributed by atoms with Gasteiger partial charge in [0.05, 0.1) is 6.61 Å². The van der Waals surface area contributed by atoms with Gasteiger partial charge in [-0.25, -0.2) is 4.39 Å². The molecule has 54 valence electrons. The molecule has 1 aliphatic heterocycles. The zero-order chi connectivity index (χ0) is 6.91. The van der Waals surface area contributed by atoms with E-state index in [1.807, 2.05) is 6.92 Å². The van der Waals surface area contributed by atoms with Gasteiger partial charge in [-0.3, -0.25) is 0 Å². The van der Waals surface area contributed by atoms with Crippen molar-refractivity contribution < 1.29 is 9.50 Å². The van der Waals surface area contributed by atoms with Crippen molar-refractivity contribution in [3.63, 3.8) is 0 Å². The Bertz CT molecular complexity index is 109. The Balaban J connectivity index is 2.45. The van der Waals surface area contributed by atoms with Crippen molar-refractivity contribution >= 4 is 0 Å².